The Morgan fingerprint density at radius 3 is 2.38 bits per heavy atom. The number of anilines is 1. The Kier molecular flexibility index (Phi) is 6.91. The Morgan fingerprint density at radius 1 is 0.962 bits per heavy atom. The molecular weight excluding hydrogens is 334 g/mol. The van der Waals surface area contributed by atoms with Crippen LogP contribution in [0.15, 0.2) is 42.5 Å². The molecule has 1 amide bonds. The number of hydrogen-bond acceptors (Lipinski definition) is 5. The first kappa shape index (κ1) is 19.2. The van der Waals surface area contributed by atoms with Crippen LogP contribution in [0.25, 0.3) is 6.08 Å². The van der Waals surface area contributed by atoms with Gasteiger partial charge in [0.25, 0.3) is 0 Å². The Bertz CT molecular complexity index is 786. The summed E-state index contributed by atoms with van der Waals surface area (Å²) >= 11 is 0. The number of amides is 1. The van der Waals surface area contributed by atoms with Crippen molar-refractivity contribution in [1.29, 1.82) is 0 Å². The van der Waals surface area contributed by atoms with Gasteiger partial charge in [0.1, 0.15) is 11.5 Å². The van der Waals surface area contributed by atoms with E-state index in [0.29, 0.717) is 35.3 Å². The van der Waals surface area contributed by atoms with Gasteiger partial charge in [-0.3, -0.25) is 4.79 Å². The first-order valence-corrected chi connectivity index (χ1v) is 8.13. The van der Waals surface area contributed by atoms with E-state index in [1.165, 1.54) is 13.2 Å². The number of methoxy groups -OCH3 is 3. The van der Waals surface area contributed by atoms with Crippen molar-refractivity contribution in [2.45, 2.75) is 6.92 Å². The smallest absolute Gasteiger partial charge is 0.248 e. The lowest BCUT2D eigenvalue weighted by atomic mass is 10.2. The normalized spacial score (nSPS) is 10.5. The summed E-state index contributed by atoms with van der Waals surface area (Å²) in [6.07, 6.45) is 3.14. The first-order valence-electron chi connectivity index (χ1n) is 8.13. The van der Waals surface area contributed by atoms with E-state index < -0.39 is 0 Å². The van der Waals surface area contributed by atoms with E-state index in [9.17, 15) is 4.79 Å². The van der Waals surface area contributed by atoms with Gasteiger partial charge < -0.3 is 24.3 Å². The molecule has 0 aromatic heterocycles. The number of nitrogens with one attached hydrogen (secondary N) is 1. The molecule has 2 aromatic rings. The molecule has 0 heterocycles. The second-order valence-corrected chi connectivity index (χ2v) is 5.23. The molecule has 0 aliphatic carbocycles. The van der Waals surface area contributed by atoms with Crippen LogP contribution in [0.4, 0.5) is 5.69 Å². The summed E-state index contributed by atoms with van der Waals surface area (Å²) < 4.78 is 21.2. The van der Waals surface area contributed by atoms with Gasteiger partial charge in [-0.15, -0.1) is 0 Å². The Labute approximate surface area is 153 Å². The summed E-state index contributed by atoms with van der Waals surface area (Å²) in [5.41, 5.74) is 1.38. The molecule has 0 saturated carbocycles. The molecule has 1 N–H and O–H groups in total. The van der Waals surface area contributed by atoms with Crippen LogP contribution in [0.5, 0.6) is 23.0 Å². The summed E-state index contributed by atoms with van der Waals surface area (Å²) in [7, 11) is 4.68. The molecule has 2 rings (SSSR count). The molecule has 6 heteroatoms. The van der Waals surface area contributed by atoms with Crippen molar-refractivity contribution in [3.8, 4) is 23.0 Å². The summed E-state index contributed by atoms with van der Waals surface area (Å²) in [6.45, 7) is 2.46. The van der Waals surface area contributed by atoms with Gasteiger partial charge in [-0.1, -0.05) is 6.07 Å². The van der Waals surface area contributed by atoms with Crippen molar-refractivity contribution in [1.82, 2.24) is 0 Å². The average Bonchev–Trinajstić information content (AvgIpc) is 2.67. The molecule has 0 bridgehead atoms. The van der Waals surface area contributed by atoms with E-state index in [4.69, 9.17) is 18.9 Å². The minimum absolute atomic E-state index is 0.277. The van der Waals surface area contributed by atoms with Crippen LogP contribution in [0, 0.1) is 0 Å². The lowest BCUT2D eigenvalue weighted by Gasteiger charge is -2.10. The Hall–Kier alpha value is -3.15. The van der Waals surface area contributed by atoms with E-state index in [1.807, 2.05) is 25.1 Å². The van der Waals surface area contributed by atoms with E-state index in [0.717, 1.165) is 5.56 Å². The standard InChI is InChI=1S/C20H23NO5/c1-5-26-17-10-6-14(12-19(17)25-4)7-11-20(22)21-16-9-8-15(23-2)13-18(16)24-3/h6-13H,5H2,1-4H3,(H,21,22)/b11-7+. The number of carbonyl (C=O) groups is 1. The molecule has 0 aliphatic heterocycles. The Balaban J connectivity index is 2.10. The minimum atomic E-state index is -0.277. The molecule has 0 unspecified atom stereocenters. The molecular formula is C20H23NO5. The molecule has 0 saturated heterocycles. The lowest BCUT2D eigenvalue weighted by Crippen LogP contribution is -2.09. The van der Waals surface area contributed by atoms with Crippen LogP contribution in [0.2, 0.25) is 0 Å². The zero-order valence-corrected chi connectivity index (χ0v) is 15.4. The number of hydrogen-bond donors (Lipinski definition) is 1. The predicted molar refractivity (Wildman–Crippen MR) is 101 cm³/mol. The third-order valence-electron chi connectivity index (χ3n) is 3.58. The molecule has 0 radical (unpaired) electrons. The van der Waals surface area contributed by atoms with E-state index >= 15 is 0 Å². The number of carbonyl (C=O) groups excluding carboxylic acids is 1. The minimum Gasteiger partial charge on any atom is -0.497 e. The van der Waals surface area contributed by atoms with Crippen molar-refractivity contribution < 1.29 is 23.7 Å². The fraction of sp³-hybridized carbons (Fsp3) is 0.250. The molecule has 6 nitrogen and oxygen atoms in total. The van der Waals surface area contributed by atoms with Crippen LogP contribution >= 0.6 is 0 Å². The highest BCUT2D eigenvalue weighted by molar-refractivity contribution is 6.02. The maximum atomic E-state index is 12.2. The van der Waals surface area contributed by atoms with E-state index in [-0.39, 0.29) is 5.91 Å². The highest BCUT2D eigenvalue weighted by atomic mass is 16.5. The zero-order valence-electron chi connectivity index (χ0n) is 15.4. The van der Waals surface area contributed by atoms with Gasteiger partial charge in [-0.2, -0.15) is 0 Å². The molecule has 0 aliphatic rings. The number of ether oxygens (including phenoxy) is 4. The van der Waals surface area contributed by atoms with Crippen LogP contribution in [-0.2, 0) is 4.79 Å². The quantitative estimate of drug-likeness (QED) is 0.729. The van der Waals surface area contributed by atoms with Crippen LogP contribution in [0.3, 0.4) is 0 Å². The third kappa shape index (κ3) is 4.92. The first-order chi connectivity index (χ1) is 12.6. The fourth-order valence-electron chi connectivity index (χ4n) is 2.31. The molecule has 138 valence electrons. The van der Waals surface area contributed by atoms with Crippen molar-refractivity contribution in [3.05, 3.63) is 48.0 Å². The maximum absolute atomic E-state index is 12.2. The van der Waals surface area contributed by atoms with Gasteiger partial charge in [0.05, 0.1) is 33.6 Å². The van der Waals surface area contributed by atoms with Gasteiger partial charge >= 0.3 is 0 Å². The molecule has 0 spiro atoms. The molecule has 0 fully saturated rings. The average molecular weight is 357 g/mol. The fourth-order valence-corrected chi connectivity index (χ4v) is 2.31. The van der Waals surface area contributed by atoms with Crippen molar-refractivity contribution in [2.24, 2.45) is 0 Å². The van der Waals surface area contributed by atoms with Gasteiger partial charge in [0.15, 0.2) is 11.5 Å². The highest BCUT2D eigenvalue weighted by Gasteiger charge is 2.08. The largest absolute Gasteiger partial charge is 0.497 e. The van der Waals surface area contributed by atoms with Crippen LogP contribution in [-0.4, -0.2) is 33.8 Å². The summed E-state index contributed by atoms with van der Waals surface area (Å²) in [4.78, 5) is 12.2. The second kappa shape index (κ2) is 9.36. The van der Waals surface area contributed by atoms with Crippen molar-refractivity contribution >= 4 is 17.7 Å². The highest BCUT2D eigenvalue weighted by Crippen LogP contribution is 2.30. The van der Waals surface area contributed by atoms with Crippen molar-refractivity contribution in [3.63, 3.8) is 0 Å². The van der Waals surface area contributed by atoms with Crippen LogP contribution in [0.1, 0.15) is 12.5 Å². The third-order valence-corrected chi connectivity index (χ3v) is 3.58. The molecule has 2 aromatic carbocycles. The molecule has 0 atom stereocenters. The van der Waals surface area contributed by atoms with Crippen LogP contribution < -0.4 is 24.3 Å². The predicted octanol–water partition coefficient (Wildman–Crippen LogP) is 3.76. The topological polar surface area (TPSA) is 66.0 Å². The van der Waals surface area contributed by atoms with E-state index in [1.54, 1.807) is 38.5 Å². The van der Waals surface area contributed by atoms with Gasteiger partial charge in [-0.05, 0) is 42.8 Å². The van der Waals surface area contributed by atoms with Gasteiger partial charge in [0.2, 0.25) is 5.91 Å². The zero-order chi connectivity index (χ0) is 18.9. The SMILES string of the molecule is CCOc1ccc(/C=C/C(=O)Nc2ccc(OC)cc2OC)cc1OC. The summed E-state index contributed by atoms with van der Waals surface area (Å²) in [5, 5.41) is 2.78. The maximum Gasteiger partial charge on any atom is 0.248 e. The second-order valence-electron chi connectivity index (χ2n) is 5.23. The van der Waals surface area contributed by atoms with Gasteiger partial charge in [0, 0.05) is 12.1 Å². The monoisotopic (exact) mass is 357 g/mol. The summed E-state index contributed by atoms with van der Waals surface area (Å²) in [5.74, 6) is 2.18. The molecule has 26 heavy (non-hydrogen) atoms. The van der Waals surface area contributed by atoms with Gasteiger partial charge in [-0.25, -0.2) is 0 Å². The number of benzene rings is 2. The summed E-state index contributed by atoms with van der Waals surface area (Å²) in [6, 6.07) is 10.7. The number of rotatable bonds is 8. The Morgan fingerprint density at radius 2 is 1.73 bits per heavy atom. The van der Waals surface area contributed by atoms with E-state index in [2.05, 4.69) is 5.32 Å². The lowest BCUT2D eigenvalue weighted by molar-refractivity contribution is -0.111. The van der Waals surface area contributed by atoms with Crippen molar-refractivity contribution in [2.75, 3.05) is 33.3 Å².